The summed E-state index contributed by atoms with van der Waals surface area (Å²) in [5, 5.41) is 0.672. The summed E-state index contributed by atoms with van der Waals surface area (Å²) in [7, 11) is 6.05. The number of ether oxygens (including phenoxy) is 4. The number of nitrogens with two attached hydrogens (primary N) is 1. The van der Waals surface area contributed by atoms with Gasteiger partial charge in [0.05, 0.1) is 45.0 Å². The summed E-state index contributed by atoms with van der Waals surface area (Å²) < 4.78 is 21.3. The molecule has 0 bridgehead atoms. The van der Waals surface area contributed by atoms with Crippen molar-refractivity contribution < 1.29 is 23.7 Å². The molecule has 1 aromatic heterocycles. The highest BCUT2D eigenvalue weighted by molar-refractivity contribution is 6.17. The predicted molar refractivity (Wildman–Crippen MR) is 98.8 cm³/mol. The highest BCUT2D eigenvalue weighted by Gasteiger charge is 2.23. The monoisotopic (exact) mass is 356 g/mol. The Morgan fingerprint density at radius 1 is 0.923 bits per heavy atom. The number of aromatic amines is 1. The van der Waals surface area contributed by atoms with Gasteiger partial charge < -0.3 is 29.7 Å². The number of methoxy groups -OCH3 is 4. The lowest BCUT2D eigenvalue weighted by molar-refractivity contribution is 0.103. The third-order valence-corrected chi connectivity index (χ3v) is 4.20. The summed E-state index contributed by atoms with van der Waals surface area (Å²) in [6.07, 6.45) is 0. The van der Waals surface area contributed by atoms with Gasteiger partial charge in [-0.2, -0.15) is 0 Å². The van der Waals surface area contributed by atoms with Crippen LogP contribution < -0.4 is 24.7 Å². The molecule has 0 spiro atoms. The molecule has 0 atom stereocenters. The molecule has 0 aliphatic rings. The topological polar surface area (TPSA) is 95.8 Å². The van der Waals surface area contributed by atoms with Crippen LogP contribution in [0, 0.1) is 0 Å². The van der Waals surface area contributed by atoms with Gasteiger partial charge in [0, 0.05) is 5.56 Å². The van der Waals surface area contributed by atoms with E-state index in [9.17, 15) is 4.79 Å². The number of benzene rings is 2. The second-order valence-corrected chi connectivity index (χ2v) is 5.54. The number of nitrogen functional groups attached to an aromatic ring is 1. The van der Waals surface area contributed by atoms with Gasteiger partial charge in [0.15, 0.2) is 11.5 Å². The molecule has 7 nitrogen and oxygen atoms in total. The lowest BCUT2D eigenvalue weighted by Gasteiger charge is -2.13. The third kappa shape index (κ3) is 2.67. The second kappa shape index (κ2) is 6.87. The Balaban J connectivity index is 2.16. The van der Waals surface area contributed by atoms with Crippen molar-refractivity contribution in [2.24, 2.45) is 0 Å². The van der Waals surface area contributed by atoms with E-state index in [1.54, 1.807) is 25.3 Å². The Bertz CT molecular complexity index is 952. The maximum atomic E-state index is 13.1. The van der Waals surface area contributed by atoms with Crippen LogP contribution in [-0.2, 0) is 0 Å². The normalized spacial score (nSPS) is 10.6. The number of carbonyl (C=O) groups excluding carboxylic acids is 1. The van der Waals surface area contributed by atoms with Crippen molar-refractivity contribution in [1.82, 2.24) is 4.98 Å². The summed E-state index contributed by atoms with van der Waals surface area (Å²) in [6, 6.07) is 8.63. The number of hydrogen-bond donors (Lipinski definition) is 2. The highest BCUT2D eigenvalue weighted by Crippen LogP contribution is 2.40. The zero-order chi connectivity index (χ0) is 18.8. The van der Waals surface area contributed by atoms with E-state index in [0.29, 0.717) is 39.6 Å². The van der Waals surface area contributed by atoms with Crippen LogP contribution in [-0.4, -0.2) is 39.2 Å². The van der Waals surface area contributed by atoms with Crippen molar-refractivity contribution in [3.05, 3.63) is 41.6 Å². The predicted octanol–water partition coefficient (Wildman–Crippen LogP) is 3.02. The molecule has 0 amide bonds. The lowest BCUT2D eigenvalue weighted by atomic mass is 10.1. The van der Waals surface area contributed by atoms with E-state index in [-0.39, 0.29) is 11.5 Å². The number of anilines is 1. The summed E-state index contributed by atoms with van der Waals surface area (Å²) >= 11 is 0. The standard InChI is InChI=1S/C19H20N2O5/c1-23-12-7-5-6-11-15(12)16(20)17(21-11)18(22)10-8-13(24-2)19(26-4)14(9-10)25-3/h5-9,21H,20H2,1-4H3. The first-order valence-electron chi connectivity index (χ1n) is 7.84. The molecule has 0 aliphatic heterocycles. The van der Waals surface area contributed by atoms with Crippen LogP contribution in [0.3, 0.4) is 0 Å². The van der Waals surface area contributed by atoms with E-state index in [1.165, 1.54) is 21.3 Å². The average Bonchev–Trinajstić information content (AvgIpc) is 3.02. The van der Waals surface area contributed by atoms with Crippen molar-refractivity contribution in [2.75, 3.05) is 34.2 Å². The number of hydrogen-bond acceptors (Lipinski definition) is 6. The number of ketones is 1. The molecular formula is C19H20N2O5. The Morgan fingerprint density at radius 2 is 1.54 bits per heavy atom. The van der Waals surface area contributed by atoms with Gasteiger partial charge in [-0.3, -0.25) is 4.79 Å². The first-order valence-corrected chi connectivity index (χ1v) is 7.84. The second-order valence-electron chi connectivity index (χ2n) is 5.54. The molecule has 0 aliphatic carbocycles. The van der Waals surface area contributed by atoms with Gasteiger partial charge >= 0.3 is 0 Å². The van der Waals surface area contributed by atoms with Crippen LogP contribution >= 0.6 is 0 Å². The first-order chi connectivity index (χ1) is 12.5. The van der Waals surface area contributed by atoms with E-state index in [1.807, 2.05) is 12.1 Å². The zero-order valence-electron chi connectivity index (χ0n) is 15.0. The Morgan fingerprint density at radius 3 is 2.08 bits per heavy atom. The van der Waals surface area contributed by atoms with E-state index in [2.05, 4.69) is 4.98 Å². The number of fused-ring (bicyclic) bond motifs is 1. The highest BCUT2D eigenvalue weighted by atomic mass is 16.5. The first kappa shape index (κ1) is 17.5. The Hall–Kier alpha value is -3.35. The molecule has 7 heteroatoms. The number of rotatable bonds is 6. The number of carbonyl (C=O) groups is 1. The molecule has 0 unspecified atom stereocenters. The largest absolute Gasteiger partial charge is 0.496 e. The summed E-state index contributed by atoms with van der Waals surface area (Å²) in [5.41, 5.74) is 7.92. The minimum atomic E-state index is -0.292. The average molecular weight is 356 g/mol. The summed E-state index contributed by atoms with van der Waals surface area (Å²) in [5.74, 6) is 1.50. The van der Waals surface area contributed by atoms with Crippen LogP contribution in [0.4, 0.5) is 5.69 Å². The van der Waals surface area contributed by atoms with E-state index in [4.69, 9.17) is 24.7 Å². The van der Waals surface area contributed by atoms with Crippen molar-refractivity contribution >= 4 is 22.4 Å². The third-order valence-electron chi connectivity index (χ3n) is 4.20. The minimum Gasteiger partial charge on any atom is -0.496 e. The fraction of sp³-hybridized carbons (Fsp3) is 0.211. The maximum Gasteiger partial charge on any atom is 0.211 e. The van der Waals surface area contributed by atoms with Crippen molar-refractivity contribution in [1.29, 1.82) is 0 Å². The molecule has 3 N–H and O–H groups in total. The van der Waals surface area contributed by atoms with Gasteiger partial charge in [0.2, 0.25) is 11.5 Å². The van der Waals surface area contributed by atoms with Crippen LogP contribution in [0.15, 0.2) is 30.3 Å². The van der Waals surface area contributed by atoms with Gasteiger partial charge in [-0.1, -0.05) is 6.07 Å². The molecule has 0 saturated carbocycles. The molecule has 3 rings (SSSR count). The van der Waals surface area contributed by atoms with Crippen LogP contribution in [0.1, 0.15) is 16.1 Å². The van der Waals surface area contributed by atoms with Crippen molar-refractivity contribution in [3.63, 3.8) is 0 Å². The molecule has 136 valence electrons. The summed E-state index contributed by atoms with van der Waals surface area (Å²) in [6.45, 7) is 0. The molecule has 0 radical (unpaired) electrons. The molecule has 1 heterocycles. The van der Waals surface area contributed by atoms with Gasteiger partial charge in [0.1, 0.15) is 11.4 Å². The van der Waals surface area contributed by atoms with Gasteiger partial charge in [0.25, 0.3) is 0 Å². The fourth-order valence-electron chi connectivity index (χ4n) is 2.95. The SMILES string of the molecule is COc1cc(C(=O)c2[nH]c3cccc(OC)c3c2N)cc(OC)c1OC. The molecular weight excluding hydrogens is 336 g/mol. The van der Waals surface area contributed by atoms with Gasteiger partial charge in [-0.05, 0) is 24.3 Å². The molecule has 3 aromatic rings. The van der Waals surface area contributed by atoms with E-state index in [0.717, 1.165) is 5.52 Å². The van der Waals surface area contributed by atoms with E-state index >= 15 is 0 Å². The zero-order valence-corrected chi connectivity index (χ0v) is 15.0. The van der Waals surface area contributed by atoms with Gasteiger partial charge in [-0.15, -0.1) is 0 Å². The molecule has 0 saturated heterocycles. The van der Waals surface area contributed by atoms with Gasteiger partial charge in [-0.25, -0.2) is 0 Å². The molecule has 0 fully saturated rings. The minimum absolute atomic E-state index is 0.277. The number of nitrogens with one attached hydrogen (secondary N) is 1. The van der Waals surface area contributed by atoms with Crippen molar-refractivity contribution in [3.8, 4) is 23.0 Å². The fourth-order valence-corrected chi connectivity index (χ4v) is 2.95. The van der Waals surface area contributed by atoms with Crippen LogP contribution in [0.25, 0.3) is 10.9 Å². The Labute approximate surface area is 150 Å². The maximum absolute atomic E-state index is 13.1. The molecule has 26 heavy (non-hydrogen) atoms. The smallest absolute Gasteiger partial charge is 0.211 e. The number of H-pyrrole nitrogens is 1. The van der Waals surface area contributed by atoms with Crippen molar-refractivity contribution in [2.45, 2.75) is 0 Å². The quantitative estimate of drug-likeness (QED) is 0.659. The Kier molecular flexibility index (Phi) is 4.62. The number of aromatic nitrogens is 1. The molecule has 2 aromatic carbocycles. The lowest BCUT2D eigenvalue weighted by Crippen LogP contribution is -2.06. The van der Waals surface area contributed by atoms with Crippen LogP contribution in [0.5, 0.6) is 23.0 Å². The van der Waals surface area contributed by atoms with E-state index < -0.39 is 0 Å². The van der Waals surface area contributed by atoms with Crippen LogP contribution in [0.2, 0.25) is 0 Å². The summed E-state index contributed by atoms with van der Waals surface area (Å²) in [4.78, 5) is 16.1.